The normalized spacial score (nSPS) is 11.6. The van der Waals surface area contributed by atoms with Crippen LogP contribution in [0.3, 0.4) is 0 Å². The van der Waals surface area contributed by atoms with Crippen molar-refractivity contribution < 1.29 is 23.7 Å². The second-order valence-electron chi connectivity index (χ2n) is 5.55. The number of nitrogen functional groups attached to an aromatic ring is 1. The number of nitrogens with two attached hydrogens (primary N) is 1. The largest absolute Gasteiger partial charge is 0.493 e. The summed E-state index contributed by atoms with van der Waals surface area (Å²) in [6.07, 6.45) is -0.753. The van der Waals surface area contributed by atoms with Gasteiger partial charge >= 0.3 is 0 Å². The summed E-state index contributed by atoms with van der Waals surface area (Å²) in [5.74, 6) is 1.35. The van der Waals surface area contributed by atoms with E-state index >= 15 is 0 Å². The van der Waals surface area contributed by atoms with Gasteiger partial charge in [-0.3, -0.25) is 4.79 Å². The summed E-state index contributed by atoms with van der Waals surface area (Å²) in [6, 6.07) is 8.70. The number of ketones is 1. The van der Waals surface area contributed by atoms with Crippen molar-refractivity contribution in [3.8, 4) is 23.0 Å². The molecule has 0 radical (unpaired) electrons. The number of anilines is 1. The average Bonchev–Trinajstić information content (AvgIpc) is 2.61. The molecule has 134 valence electrons. The van der Waals surface area contributed by atoms with Crippen molar-refractivity contribution in [1.82, 2.24) is 0 Å². The maximum Gasteiger partial charge on any atom is 0.206 e. The summed E-state index contributed by atoms with van der Waals surface area (Å²) in [7, 11) is 4.48. The quantitative estimate of drug-likeness (QED) is 0.613. The van der Waals surface area contributed by atoms with Crippen molar-refractivity contribution in [2.75, 3.05) is 27.1 Å². The summed E-state index contributed by atoms with van der Waals surface area (Å²) in [5, 5.41) is 0. The van der Waals surface area contributed by atoms with E-state index in [1.54, 1.807) is 31.2 Å². The maximum atomic E-state index is 12.8. The molecule has 6 nitrogen and oxygen atoms in total. The first-order chi connectivity index (χ1) is 11.9. The third-order valence-electron chi connectivity index (χ3n) is 3.81. The van der Waals surface area contributed by atoms with Crippen LogP contribution in [-0.4, -0.2) is 33.2 Å². The Balaban J connectivity index is 2.33. The second kappa shape index (κ2) is 7.79. The molecule has 0 aliphatic heterocycles. The van der Waals surface area contributed by atoms with Gasteiger partial charge in [-0.25, -0.2) is 0 Å². The average molecular weight is 345 g/mol. The fourth-order valence-corrected chi connectivity index (χ4v) is 2.53. The molecule has 2 N–H and O–H groups in total. The SMILES string of the molecule is COc1ccc(C(=O)C(C)Oc2ccc(C)cc2N)c(OC)c1OC. The van der Waals surface area contributed by atoms with Gasteiger partial charge in [0.1, 0.15) is 5.75 Å². The van der Waals surface area contributed by atoms with Gasteiger partial charge in [0.05, 0.1) is 32.6 Å². The molecule has 1 atom stereocenters. The molecule has 2 rings (SSSR count). The molecule has 0 saturated heterocycles. The smallest absolute Gasteiger partial charge is 0.206 e. The predicted molar refractivity (Wildman–Crippen MR) is 96.1 cm³/mol. The van der Waals surface area contributed by atoms with Crippen LogP contribution in [0, 0.1) is 6.92 Å². The molecule has 0 spiro atoms. The zero-order chi connectivity index (χ0) is 18.6. The van der Waals surface area contributed by atoms with Gasteiger partial charge in [-0.2, -0.15) is 0 Å². The Morgan fingerprint density at radius 3 is 2.16 bits per heavy atom. The molecule has 0 amide bonds. The van der Waals surface area contributed by atoms with Gasteiger partial charge in [-0.1, -0.05) is 6.07 Å². The Morgan fingerprint density at radius 1 is 0.960 bits per heavy atom. The van der Waals surface area contributed by atoms with E-state index in [9.17, 15) is 4.79 Å². The van der Waals surface area contributed by atoms with E-state index in [2.05, 4.69) is 0 Å². The molecule has 6 heteroatoms. The zero-order valence-electron chi connectivity index (χ0n) is 15.1. The number of carbonyl (C=O) groups excluding carboxylic acids is 1. The molecule has 1 unspecified atom stereocenters. The van der Waals surface area contributed by atoms with Crippen molar-refractivity contribution in [3.05, 3.63) is 41.5 Å². The minimum Gasteiger partial charge on any atom is -0.493 e. The van der Waals surface area contributed by atoms with Gasteiger partial charge in [0, 0.05) is 0 Å². The standard InChI is InChI=1S/C19H23NO5/c1-11-6-8-15(14(20)10-11)25-12(2)17(21)13-7-9-16(22-3)19(24-5)18(13)23-4/h6-10,12H,20H2,1-5H3. The van der Waals surface area contributed by atoms with E-state index in [0.717, 1.165) is 5.56 Å². The monoisotopic (exact) mass is 345 g/mol. The first kappa shape index (κ1) is 18.4. The zero-order valence-corrected chi connectivity index (χ0v) is 15.1. The molecular weight excluding hydrogens is 322 g/mol. The molecule has 0 aromatic heterocycles. The van der Waals surface area contributed by atoms with Crippen LogP contribution in [0.25, 0.3) is 0 Å². The lowest BCUT2D eigenvalue weighted by Crippen LogP contribution is -2.25. The summed E-state index contributed by atoms with van der Waals surface area (Å²) < 4.78 is 21.7. The first-order valence-electron chi connectivity index (χ1n) is 7.78. The molecule has 0 saturated carbocycles. The third-order valence-corrected chi connectivity index (χ3v) is 3.81. The fraction of sp³-hybridized carbons (Fsp3) is 0.316. The minimum atomic E-state index is -0.753. The van der Waals surface area contributed by atoms with E-state index in [4.69, 9.17) is 24.7 Å². The predicted octanol–water partition coefficient (Wildman–Crippen LogP) is 3.25. The summed E-state index contributed by atoms with van der Waals surface area (Å²) in [5.41, 5.74) is 7.80. The van der Waals surface area contributed by atoms with Crippen LogP contribution in [0.2, 0.25) is 0 Å². The Labute approximate surface area is 147 Å². The lowest BCUT2D eigenvalue weighted by Gasteiger charge is -2.19. The number of rotatable bonds is 7. The highest BCUT2D eigenvalue weighted by Gasteiger charge is 2.25. The number of Topliss-reactive ketones (excluding diaryl/α,β-unsaturated/α-hetero) is 1. The number of methoxy groups -OCH3 is 3. The van der Waals surface area contributed by atoms with Gasteiger partial charge in [0.2, 0.25) is 11.5 Å². The lowest BCUT2D eigenvalue weighted by atomic mass is 10.0. The van der Waals surface area contributed by atoms with Gasteiger partial charge in [0.25, 0.3) is 0 Å². The number of benzene rings is 2. The topological polar surface area (TPSA) is 80.0 Å². The molecule has 25 heavy (non-hydrogen) atoms. The van der Waals surface area contributed by atoms with Crippen molar-refractivity contribution in [3.63, 3.8) is 0 Å². The van der Waals surface area contributed by atoms with E-state index in [0.29, 0.717) is 34.2 Å². The van der Waals surface area contributed by atoms with Gasteiger partial charge in [-0.05, 0) is 43.7 Å². The van der Waals surface area contributed by atoms with Crippen molar-refractivity contribution in [2.45, 2.75) is 20.0 Å². The fourth-order valence-electron chi connectivity index (χ4n) is 2.53. The highest BCUT2D eigenvalue weighted by atomic mass is 16.5. The number of hydrogen-bond donors (Lipinski definition) is 1. The van der Waals surface area contributed by atoms with E-state index in [1.165, 1.54) is 21.3 Å². The summed E-state index contributed by atoms with van der Waals surface area (Å²) in [4.78, 5) is 12.8. The maximum absolute atomic E-state index is 12.8. The number of aryl methyl sites for hydroxylation is 1. The van der Waals surface area contributed by atoms with Crippen LogP contribution in [0.1, 0.15) is 22.8 Å². The Morgan fingerprint density at radius 2 is 1.60 bits per heavy atom. The molecule has 0 bridgehead atoms. The highest BCUT2D eigenvalue weighted by molar-refractivity contribution is 6.03. The van der Waals surface area contributed by atoms with Gasteiger partial charge in [0.15, 0.2) is 17.6 Å². The molecule has 2 aromatic carbocycles. The van der Waals surface area contributed by atoms with E-state index < -0.39 is 6.10 Å². The van der Waals surface area contributed by atoms with Crippen LogP contribution < -0.4 is 24.7 Å². The lowest BCUT2D eigenvalue weighted by molar-refractivity contribution is 0.0815. The number of hydrogen-bond acceptors (Lipinski definition) is 6. The molecule has 2 aromatic rings. The summed E-state index contributed by atoms with van der Waals surface area (Å²) in [6.45, 7) is 3.60. The first-order valence-corrected chi connectivity index (χ1v) is 7.78. The second-order valence-corrected chi connectivity index (χ2v) is 5.55. The van der Waals surface area contributed by atoms with Crippen LogP contribution in [0.15, 0.2) is 30.3 Å². The highest BCUT2D eigenvalue weighted by Crippen LogP contribution is 2.40. The van der Waals surface area contributed by atoms with E-state index in [-0.39, 0.29) is 5.78 Å². The molecule has 0 fully saturated rings. The molecular formula is C19H23NO5. The number of ether oxygens (including phenoxy) is 4. The number of carbonyl (C=O) groups is 1. The molecule has 0 aliphatic rings. The van der Waals surface area contributed by atoms with Gasteiger partial charge < -0.3 is 24.7 Å². The van der Waals surface area contributed by atoms with Crippen molar-refractivity contribution in [1.29, 1.82) is 0 Å². The summed E-state index contributed by atoms with van der Waals surface area (Å²) >= 11 is 0. The molecule has 0 aliphatic carbocycles. The van der Waals surface area contributed by atoms with Crippen molar-refractivity contribution >= 4 is 11.5 Å². The van der Waals surface area contributed by atoms with E-state index in [1.807, 2.05) is 13.0 Å². The van der Waals surface area contributed by atoms with Crippen molar-refractivity contribution in [2.24, 2.45) is 0 Å². The van der Waals surface area contributed by atoms with Gasteiger partial charge in [-0.15, -0.1) is 0 Å². The Kier molecular flexibility index (Phi) is 5.75. The van der Waals surface area contributed by atoms with Crippen LogP contribution >= 0.6 is 0 Å². The minimum absolute atomic E-state index is 0.252. The molecule has 0 heterocycles. The third kappa shape index (κ3) is 3.79. The Hall–Kier alpha value is -2.89. The van der Waals surface area contributed by atoms with Crippen LogP contribution in [0.4, 0.5) is 5.69 Å². The van der Waals surface area contributed by atoms with Crippen LogP contribution in [-0.2, 0) is 0 Å². The van der Waals surface area contributed by atoms with Crippen LogP contribution in [0.5, 0.6) is 23.0 Å². The Bertz CT molecular complexity index is 773.